The minimum absolute atomic E-state index is 0.508. The molecule has 4 rings (SSSR count). The Labute approximate surface area is 164 Å². The van der Waals surface area contributed by atoms with E-state index in [4.69, 9.17) is 16.3 Å². The number of rotatable bonds is 6. The molecular weight excluding hydrogens is 354 g/mol. The van der Waals surface area contributed by atoms with Crippen molar-refractivity contribution in [3.8, 4) is 5.75 Å². The van der Waals surface area contributed by atoms with Crippen molar-refractivity contribution in [1.82, 2.24) is 0 Å². The van der Waals surface area contributed by atoms with Crippen LogP contribution in [-0.4, -0.2) is 0 Å². The lowest BCUT2D eigenvalue weighted by Gasteiger charge is -2.16. The third-order valence-electron chi connectivity index (χ3n) is 4.55. The van der Waals surface area contributed by atoms with Crippen molar-refractivity contribution in [2.45, 2.75) is 13.2 Å². The van der Waals surface area contributed by atoms with Gasteiger partial charge in [-0.2, -0.15) is 0 Å². The van der Waals surface area contributed by atoms with E-state index in [1.165, 1.54) is 10.8 Å². The van der Waals surface area contributed by atoms with Gasteiger partial charge in [-0.3, -0.25) is 0 Å². The average molecular weight is 374 g/mol. The van der Waals surface area contributed by atoms with E-state index in [0.717, 1.165) is 27.6 Å². The van der Waals surface area contributed by atoms with Gasteiger partial charge in [0, 0.05) is 22.8 Å². The second kappa shape index (κ2) is 8.15. The van der Waals surface area contributed by atoms with E-state index >= 15 is 0 Å². The molecule has 0 heterocycles. The predicted octanol–water partition coefficient (Wildman–Crippen LogP) is 6.68. The summed E-state index contributed by atoms with van der Waals surface area (Å²) in [5.74, 6) is 0.895. The smallest absolute Gasteiger partial charge is 0.125 e. The Morgan fingerprint density at radius 2 is 1.48 bits per heavy atom. The summed E-state index contributed by atoms with van der Waals surface area (Å²) in [5, 5.41) is 6.65. The first-order valence-electron chi connectivity index (χ1n) is 8.96. The van der Waals surface area contributed by atoms with Crippen LogP contribution in [-0.2, 0) is 13.2 Å². The molecule has 0 saturated heterocycles. The van der Waals surface area contributed by atoms with Crippen LogP contribution in [0.2, 0.25) is 5.02 Å². The molecule has 4 aromatic carbocycles. The monoisotopic (exact) mass is 373 g/mol. The Bertz CT molecular complexity index is 1030. The van der Waals surface area contributed by atoms with E-state index in [9.17, 15) is 0 Å². The molecule has 0 atom stereocenters. The third-order valence-corrected chi connectivity index (χ3v) is 4.80. The fraction of sp³-hybridized carbons (Fsp3) is 0.0833. The number of halogens is 1. The van der Waals surface area contributed by atoms with Gasteiger partial charge in [0.15, 0.2) is 0 Å². The van der Waals surface area contributed by atoms with Gasteiger partial charge in [0.2, 0.25) is 0 Å². The first-order chi connectivity index (χ1) is 13.3. The van der Waals surface area contributed by atoms with Gasteiger partial charge in [-0.05, 0) is 46.7 Å². The lowest BCUT2D eigenvalue weighted by molar-refractivity contribution is 0.304. The van der Waals surface area contributed by atoms with Gasteiger partial charge in [-0.1, -0.05) is 72.3 Å². The van der Waals surface area contributed by atoms with Crippen LogP contribution in [0.5, 0.6) is 5.75 Å². The van der Waals surface area contributed by atoms with Crippen molar-refractivity contribution >= 4 is 28.1 Å². The highest BCUT2D eigenvalue weighted by Crippen LogP contribution is 2.29. The largest absolute Gasteiger partial charge is 0.489 e. The molecule has 0 unspecified atom stereocenters. The molecule has 27 heavy (non-hydrogen) atoms. The molecule has 3 heteroatoms. The van der Waals surface area contributed by atoms with E-state index in [2.05, 4.69) is 53.8 Å². The molecule has 0 spiro atoms. The summed E-state index contributed by atoms with van der Waals surface area (Å²) in [5.41, 5.74) is 3.34. The zero-order chi connectivity index (χ0) is 18.5. The van der Waals surface area contributed by atoms with Crippen LogP contribution in [0, 0.1) is 0 Å². The number of para-hydroxylation sites is 1. The molecule has 0 bridgehead atoms. The highest BCUT2D eigenvalue weighted by atomic mass is 35.5. The Hall–Kier alpha value is -2.97. The molecule has 0 amide bonds. The van der Waals surface area contributed by atoms with Crippen molar-refractivity contribution in [2.24, 2.45) is 0 Å². The lowest BCUT2D eigenvalue weighted by atomic mass is 10.0. The van der Waals surface area contributed by atoms with Crippen molar-refractivity contribution in [1.29, 1.82) is 0 Å². The first-order valence-corrected chi connectivity index (χ1v) is 9.34. The maximum atomic E-state index is 6.18. The number of fused-ring (bicyclic) bond motifs is 1. The zero-order valence-corrected chi connectivity index (χ0v) is 15.6. The second-order valence-electron chi connectivity index (χ2n) is 6.40. The molecule has 0 aliphatic rings. The van der Waals surface area contributed by atoms with Crippen molar-refractivity contribution in [3.05, 3.63) is 107 Å². The summed E-state index contributed by atoms with van der Waals surface area (Å²) in [6, 6.07) is 30.5. The Morgan fingerprint density at radius 3 is 2.30 bits per heavy atom. The normalized spacial score (nSPS) is 10.7. The Balaban J connectivity index is 1.61. The van der Waals surface area contributed by atoms with Gasteiger partial charge in [0.05, 0.1) is 0 Å². The summed E-state index contributed by atoms with van der Waals surface area (Å²) < 4.78 is 6.18. The molecule has 0 aliphatic carbocycles. The van der Waals surface area contributed by atoms with Gasteiger partial charge < -0.3 is 10.1 Å². The first kappa shape index (κ1) is 17.4. The number of nitrogens with one attached hydrogen (secondary N) is 1. The highest BCUT2D eigenvalue weighted by Gasteiger charge is 2.09. The molecule has 0 radical (unpaired) electrons. The maximum Gasteiger partial charge on any atom is 0.125 e. The Morgan fingerprint density at radius 1 is 0.741 bits per heavy atom. The molecule has 4 aromatic rings. The highest BCUT2D eigenvalue weighted by molar-refractivity contribution is 6.30. The third kappa shape index (κ3) is 4.24. The van der Waals surface area contributed by atoms with Gasteiger partial charge >= 0.3 is 0 Å². The Kier molecular flexibility index (Phi) is 5.27. The maximum absolute atomic E-state index is 6.18. The topological polar surface area (TPSA) is 21.3 Å². The van der Waals surface area contributed by atoms with Crippen LogP contribution in [0.15, 0.2) is 91.0 Å². The predicted molar refractivity (Wildman–Crippen MR) is 114 cm³/mol. The lowest BCUT2D eigenvalue weighted by Crippen LogP contribution is -2.04. The fourth-order valence-corrected chi connectivity index (χ4v) is 3.25. The molecule has 0 fully saturated rings. The molecule has 0 aliphatic heterocycles. The van der Waals surface area contributed by atoms with Gasteiger partial charge in [-0.25, -0.2) is 0 Å². The van der Waals surface area contributed by atoms with Crippen molar-refractivity contribution in [2.75, 3.05) is 5.32 Å². The number of ether oxygens (including phenoxy) is 1. The van der Waals surface area contributed by atoms with E-state index in [1.807, 2.05) is 42.5 Å². The number of hydrogen-bond acceptors (Lipinski definition) is 2. The van der Waals surface area contributed by atoms with Gasteiger partial charge in [-0.15, -0.1) is 0 Å². The molecule has 2 nitrogen and oxygen atoms in total. The molecule has 1 N–H and O–H groups in total. The average Bonchev–Trinajstić information content (AvgIpc) is 2.73. The van der Waals surface area contributed by atoms with E-state index < -0.39 is 0 Å². The van der Waals surface area contributed by atoms with Crippen LogP contribution < -0.4 is 10.1 Å². The van der Waals surface area contributed by atoms with E-state index in [-0.39, 0.29) is 0 Å². The molecule has 0 aromatic heterocycles. The number of hydrogen-bond donors (Lipinski definition) is 1. The SMILES string of the molecule is Clc1ccc(COc2ccc3ccccc3c2CNc2ccccc2)cc1. The molecular formula is C24H20ClNO. The van der Waals surface area contributed by atoms with Crippen molar-refractivity contribution in [3.63, 3.8) is 0 Å². The summed E-state index contributed by atoms with van der Waals surface area (Å²) in [6.45, 7) is 1.20. The van der Waals surface area contributed by atoms with Crippen molar-refractivity contribution < 1.29 is 4.74 Å². The minimum Gasteiger partial charge on any atom is -0.489 e. The summed E-state index contributed by atoms with van der Waals surface area (Å²) >= 11 is 5.97. The van der Waals surface area contributed by atoms with Crippen LogP contribution in [0.4, 0.5) is 5.69 Å². The van der Waals surface area contributed by atoms with E-state index in [0.29, 0.717) is 13.2 Å². The van der Waals surface area contributed by atoms with Crippen LogP contribution in [0.1, 0.15) is 11.1 Å². The quantitative estimate of drug-likeness (QED) is 0.406. The van der Waals surface area contributed by atoms with Crippen LogP contribution in [0.3, 0.4) is 0 Å². The van der Waals surface area contributed by atoms with Crippen LogP contribution >= 0.6 is 11.6 Å². The fourth-order valence-electron chi connectivity index (χ4n) is 3.12. The van der Waals surface area contributed by atoms with Gasteiger partial charge in [0.25, 0.3) is 0 Å². The summed E-state index contributed by atoms with van der Waals surface area (Å²) in [7, 11) is 0. The zero-order valence-electron chi connectivity index (χ0n) is 14.9. The standard InChI is InChI=1S/C24H20ClNO/c25-20-13-10-18(11-14-20)17-27-24-15-12-19-6-4-5-9-22(19)23(24)16-26-21-7-2-1-3-8-21/h1-15,26H,16-17H2. The summed E-state index contributed by atoms with van der Waals surface area (Å²) in [6.07, 6.45) is 0. The molecule has 134 valence electrons. The molecule has 0 saturated carbocycles. The van der Waals surface area contributed by atoms with Gasteiger partial charge in [0.1, 0.15) is 12.4 Å². The number of anilines is 1. The number of benzene rings is 4. The van der Waals surface area contributed by atoms with Crippen LogP contribution in [0.25, 0.3) is 10.8 Å². The summed E-state index contributed by atoms with van der Waals surface area (Å²) in [4.78, 5) is 0. The minimum atomic E-state index is 0.508. The van der Waals surface area contributed by atoms with E-state index in [1.54, 1.807) is 0 Å². The second-order valence-corrected chi connectivity index (χ2v) is 6.83.